The first-order chi connectivity index (χ1) is 12.1. The molecule has 25 heavy (non-hydrogen) atoms. The monoisotopic (exact) mass is 363 g/mol. The van der Waals surface area contributed by atoms with E-state index in [4.69, 9.17) is 11.6 Å². The molecule has 2 aliphatic heterocycles. The Bertz CT molecular complexity index is 651. The van der Waals surface area contributed by atoms with Crippen molar-refractivity contribution in [2.75, 3.05) is 39.3 Å². The van der Waals surface area contributed by atoms with E-state index >= 15 is 0 Å². The third-order valence-corrected chi connectivity index (χ3v) is 5.21. The number of hydrogen-bond donors (Lipinski definition) is 0. The molecule has 0 radical (unpaired) electrons. The van der Waals surface area contributed by atoms with E-state index in [1.165, 1.54) is 0 Å². The van der Waals surface area contributed by atoms with Crippen molar-refractivity contribution in [1.29, 1.82) is 0 Å². The molecular weight excluding hydrogens is 342 g/mol. The summed E-state index contributed by atoms with van der Waals surface area (Å²) < 4.78 is 0. The Kier molecular flexibility index (Phi) is 5.58. The summed E-state index contributed by atoms with van der Waals surface area (Å²) in [5.74, 6) is 0.0830. The first-order valence-corrected chi connectivity index (χ1v) is 8.99. The van der Waals surface area contributed by atoms with Gasteiger partial charge in [0.05, 0.1) is 0 Å². The second-order valence-corrected chi connectivity index (χ2v) is 6.98. The van der Waals surface area contributed by atoms with Crippen molar-refractivity contribution in [2.45, 2.75) is 12.8 Å². The van der Waals surface area contributed by atoms with Gasteiger partial charge in [0.1, 0.15) is 0 Å². The fourth-order valence-corrected chi connectivity index (χ4v) is 3.63. The Morgan fingerprint density at radius 3 is 2.28 bits per heavy atom. The molecule has 1 aromatic rings. The highest BCUT2D eigenvalue weighted by atomic mass is 35.5. The van der Waals surface area contributed by atoms with Gasteiger partial charge in [0.25, 0.3) is 5.91 Å². The molecule has 0 bridgehead atoms. The van der Waals surface area contributed by atoms with Gasteiger partial charge < -0.3 is 14.7 Å². The molecule has 3 amide bonds. The van der Waals surface area contributed by atoms with Crippen molar-refractivity contribution in [3.8, 4) is 0 Å². The van der Waals surface area contributed by atoms with Gasteiger partial charge in [-0.1, -0.05) is 17.7 Å². The Balaban J connectivity index is 1.52. The fourth-order valence-electron chi connectivity index (χ4n) is 3.44. The lowest BCUT2D eigenvalue weighted by molar-refractivity contribution is -0.140. The van der Waals surface area contributed by atoms with Crippen LogP contribution in [0.5, 0.6) is 0 Å². The SMILES string of the molecule is O=CN1CCN(C(=O)C2CCN(C(=O)c3cccc(Cl)c3)CC2)CC1. The summed E-state index contributed by atoms with van der Waals surface area (Å²) in [6.45, 7) is 3.55. The highest BCUT2D eigenvalue weighted by Crippen LogP contribution is 2.22. The molecule has 6 nitrogen and oxygen atoms in total. The quantitative estimate of drug-likeness (QED) is 0.764. The van der Waals surface area contributed by atoms with E-state index in [1.54, 1.807) is 34.1 Å². The normalized spacial score (nSPS) is 19.0. The predicted octanol–water partition coefficient (Wildman–Crippen LogP) is 1.49. The van der Waals surface area contributed by atoms with E-state index in [0.29, 0.717) is 62.7 Å². The van der Waals surface area contributed by atoms with Crippen LogP contribution in [0.3, 0.4) is 0 Å². The summed E-state index contributed by atoms with van der Waals surface area (Å²) in [6, 6.07) is 6.95. The van der Waals surface area contributed by atoms with Crippen LogP contribution < -0.4 is 0 Å². The lowest BCUT2D eigenvalue weighted by Gasteiger charge is -2.37. The Morgan fingerprint density at radius 2 is 1.68 bits per heavy atom. The van der Waals surface area contributed by atoms with Crippen LogP contribution in [0.25, 0.3) is 0 Å². The van der Waals surface area contributed by atoms with Crippen LogP contribution in [0.2, 0.25) is 5.02 Å². The van der Waals surface area contributed by atoms with Crippen molar-refractivity contribution in [3.05, 3.63) is 34.9 Å². The second-order valence-electron chi connectivity index (χ2n) is 6.54. The minimum atomic E-state index is -0.0359. The van der Waals surface area contributed by atoms with Crippen LogP contribution in [-0.4, -0.2) is 72.2 Å². The molecule has 0 saturated carbocycles. The number of rotatable bonds is 3. The maximum absolute atomic E-state index is 12.6. The number of piperidine rings is 1. The Labute approximate surface area is 152 Å². The van der Waals surface area contributed by atoms with Crippen LogP contribution >= 0.6 is 11.6 Å². The van der Waals surface area contributed by atoms with Crippen molar-refractivity contribution in [3.63, 3.8) is 0 Å². The highest BCUT2D eigenvalue weighted by molar-refractivity contribution is 6.30. The zero-order chi connectivity index (χ0) is 17.8. The topological polar surface area (TPSA) is 60.9 Å². The van der Waals surface area contributed by atoms with E-state index in [0.717, 1.165) is 6.41 Å². The summed E-state index contributed by atoms with van der Waals surface area (Å²) in [5, 5.41) is 0.547. The van der Waals surface area contributed by atoms with Crippen molar-refractivity contribution < 1.29 is 14.4 Å². The minimum Gasteiger partial charge on any atom is -0.342 e. The Hall–Kier alpha value is -2.08. The fraction of sp³-hybridized carbons (Fsp3) is 0.500. The molecule has 0 aliphatic carbocycles. The molecule has 134 valence electrons. The van der Waals surface area contributed by atoms with Gasteiger partial charge in [-0.05, 0) is 31.0 Å². The highest BCUT2D eigenvalue weighted by Gasteiger charge is 2.31. The van der Waals surface area contributed by atoms with E-state index < -0.39 is 0 Å². The second kappa shape index (κ2) is 7.87. The van der Waals surface area contributed by atoms with Gasteiger partial charge in [-0.15, -0.1) is 0 Å². The number of amides is 3. The van der Waals surface area contributed by atoms with Crippen LogP contribution in [0.4, 0.5) is 0 Å². The number of likely N-dealkylation sites (tertiary alicyclic amines) is 1. The summed E-state index contributed by atoms with van der Waals surface area (Å²) >= 11 is 5.95. The largest absolute Gasteiger partial charge is 0.342 e. The van der Waals surface area contributed by atoms with Crippen molar-refractivity contribution in [1.82, 2.24) is 14.7 Å². The van der Waals surface area contributed by atoms with E-state index in [-0.39, 0.29) is 17.7 Å². The molecule has 0 atom stereocenters. The van der Waals surface area contributed by atoms with Crippen LogP contribution in [0.15, 0.2) is 24.3 Å². The average Bonchev–Trinajstić information content (AvgIpc) is 2.67. The van der Waals surface area contributed by atoms with E-state index in [1.807, 2.05) is 4.90 Å². The third-order valence-electron chi connectivity index (χ3n) is 4.98. The maximum atomic E-state index is 12.6. The molecular formula is C18H22ClN3O3. The Morgan fingerprint density at radius 1 is 1.00 bits per heavy atom. The molecule has 0 aromatic heterocycles. The number of piperazine rings is 1. The number of carbonyl (C=O) groups excluding carboxylic acids is 3. The summed E-state index contributed by atoms with van der Waals surface area (Å²) in [4.78, 5) is 41.3. The summed E-state index contributed by atoms with van der Waals surface area (Å²) in [7, 11) is 0. The molecule has 3 rings (SSSR count). The minimum absolute atomic E-state index is 0.0343. The standard InChI is InChI=1S/C18H22ClN3O3/c19-16-3-1-2-15(12-16)18(25)21-6-4-14(5-7-21)17(24)22-10-8-20(13-23)9-11-22/h1-3,12-14H,4-11H2. The zero-order valence-electron chi connectivity index (χ0n) is 14.1. The van der Waals surface area contributed by atoms with Crippen LogP contribution in [0.1, 0.15) is 23.2 Å². The van der Waals surface area contributed by atoms with Crippen molar-refractivity contribution >= 4 is 29.8 Å². The number of halogens is 1. The number of benzene rings is 1. The predicted molar refractivity (Wildman–Crippen MR) is 94.3 cm³/mol. The lowest BCUT2D eigenvalue weighted by atomic mass is 9.94. The first kappa shape index (κ1) is 17.7. The van der Waals surface area contributed by atoms with Gasteiger partial charge >= 0.3 is 0 Å². The molecule has 0 spiro atoms. The number of nitrogens with zero attached hydrogens (tertiary/aromatic N) is 3. The maximum Gasteiger partial charge on any atom is 0.253 e. The van der Waals surface area contributed by atoms with Crippen molar-refractivity contribution in [2.24, 2.45) is 5.92 Å². The molecule has 7 heteroatoms. The summed E-state index contributed by atoms with van der Waals surface area (Å²) in [5.41, 5.74) is 0.585. The number of carbonyl (C=O) groups is 3. The molecule has 2 aliphatic rings. The molecule has 2 heterocycles. The third kappa shape index (κ3) is 4.12. The van der Waals surface area contributed by atoms with Gasteiger partial charge in [-0.2, -0.15) is 0 Å². The van der Waals surface area contributed by atoms with Gasteiger partial charge in [-0.25, -0.2) is 0 Å². The molecule has 0 unspecified atom stereocenters. The molecule has 2 saturated heterocycles. The van der Waals surface area contributed by atoms with Crippen LogP contribution in [0, 0.1) is 5.92 Å². The van der Waals surface area contributed by atoms with Gasteiger partial charge in [0, 0.05) is 55.8 Å². The van der Waals surface area contributed by atoms with Crippen LogP contribution in [-0.2, 0) is 9.59 Å². The molecule has 0 N–H and O–H groups in total. The lowest BCUT2D eigenvalue weighted by Crippen LogP contribution is -2.51. The smallest absolute Gasteiger partial charge is 0.253 e. The average molecular weight is 364 g/mol. The first-order valence-electron chi connectivity index (χ1n) is 8.61. The number of hydrogen-bond acceptors (Lipinski definition) is 3. The zero-order valence-corrected chi connectivity index (χ0v) is 14.8. The van der Waals surface area contributed by atoms with Gasteiger partial charge in [0.15, 0.2) is 0 Å². The van der Waals surface area contributed by atoms with Gasteiger partial charge in [-0.3, -0.25) is 14.4 Å². The summed E-state index contributed by atoms with van der Waals surface area (Å²) in [6.07, 6.45) is 2.19. The van der Waals surface area contributed by atoms with E-state index in [2.05, 4.69) is 0 Å². The molecule has 2 fully saturated rings. The molecule has 1 aromatic carbocycles. The van der Waals surface area contributed by atoms with Gasteiger partial charge in [0.2, 0.25) is 12.3 Å². The van der Waals surface area contributed by atoms with E-state index in [9.17, 15) is 14.4 Å².